The van der Waals surface area contributed by atoms with Crippen molar-refractivity contribution < 1.29 is 19.4 Å². The number of hydrogen-bond donors (Lipinski definition) is 2. The van der Waals surface area contributed by atoms with Crippen LogP contribution < -0.4 is 10.1 Å². The lowest BCUT2D eigenvalue weighted by molar-refractivity contribution is -0.143. The normalized spacial score (nSPS) is 16.7. The number of nitrogens with one attached hydrogen (secondary N) is 1. The Labute approximate surface area is 136 Å². The lowest BCUT2D eigenvalue weighted by atomic mass is 9.97. The molecule has 2 amide bonds. The molecule has 0 radical (unpaired) electrons. The average molecular weight is 320 g/mol. The lowest BCUT2D eigenvalue weighted by Crippen LogP contribution is -2.47. The molecule has 2 N–H and O–H groups in total. The number of nitrogens with zero attached hydrogens (tertiary/aromatic N) is 1. The van der Waals surface area contributed by atoms with Crippen molar-refractivity contribution in [3.8, 4) is 5.75 Å². The Kier molecular flexibility index (Phi) is 5.84. The number of carbonyl (C=O) groups excluding carboxylic acids is 1. The van der Waals surface area contributed by atoms with E-state index in [0.717, 1.165) is 11.3 Å². The van der Waals surface area contributed by atoms with Crippen LogP contribution >= 0.6 is 0 Å². The molecule has 6 heteroatoms. The minimum Gasteiger partial charge on any atom is -0.489 e. The number of carboxylic acid groups (broad SMARTS) is 1. The summed E-state index contributed by atoms with van der Waals surface area (Å²) in [6.45, 7) is 5.26. The number of urea groups is 1. The lowest BCUT2D eigenvalue weighted by Gasteiger charge is -2.30. The summed E-state index contributed by atoms with van der Waals surface area (Å²) in [6.07, 6.45) is 0.882. The molecule has 23 heavy (non-hydrogen) atoms. The van der Waals surface area contributed by atoms with Crippen LogP contribution in [-0.4, -0.2) is 47.7 Å². The first-order valence-electron chi connectivity index (χ1n) is 7.95. The van der Waals surface area contributed by atoms with Gasteiger partial charge in [0, 0.05) is 13.1 Å². The Morgan fingerprint density at radius 1 is 1.35 bits per heavy atom. The standard InChI is InChI=1S/C17H24N2O4/c1-12-5-3-4-6-15(12)23-13(2)11-18-17(22)19-9-7-14(8-10-19)16(20)21/h3-6,13-14H,7-11H2,1-2H3,(H,18,22)(H,20,21). The second-order valence-corrected chi connectivity index (χ2v) is 5.98. The quantitative estimate of drug-likeness (QED) is 0.872. The molecule has 0 bridgehead atoms. The topological polar surface area (TPSA) is 78.9 Å². The first-order valence-corrected chi connectivity index (χ1v) is 7.95. The SMILES string of the molecule is Cc1ccccc1OC(C)CNC(=O)N1CCC(C(=O)O)CC1. The number of aliphatic carboxylic acids is 1. The summed E-state index contributed by atoms with van der Waals surface area (Å²) in [4.78, 5) is 24.7. The molecule has 1 unspecified atom stereocenters. The minimum absolute atomic E-state index is 0.142. The van der Waals surface area contributed by atoms with Gasteiger partial charge in [-0.3, -0.25) is 4.79 Å². The monoisotopic (exact) mass is 320 g/mol. The van der Waals surface area contributed by atoms with E-state index >= 15 is 0 Å². The largest absolute Gasteiger partial charge is 0.489 e. The third kappa shape index (κ3) is 4.87. The summed E-state index contributed by atoms with van der Waals surface area (Å²) in [5.74, 6) is -0.288. The zero-order chi connectivity index (χ0) is 16.8. The van der Waals surface area contributed by atoms with Crippen molar-refractivity contribution in [3.63, 3.8) is 0 Å². The number of piperidine rings is 1. The van der Waals surface area contributed by atoms with Gasteiger partial charge in [-0.2, -0.15) is 0 Å². The Morgan fingerprint density at radius 3 is 2.61 bits per heavy atom. The van der Waals surface area contributed by atoms with Crippen LogP contribution in [0.15, 0.2) is 24.3 Å². The van der Waals surface area contributed by atoms with Gasteiger partial charge in [-0.05, 0) is 38.3 Å². The molecule has 1 saturated heterocycles. The average Bonchev–Trinajstić information content (AvgIpc) is 2.55. The molecule has 0 aliphatic carbocycles. The Bertz CT molecular complexity index is 553. The highest BCUT2D eigenvalue weighted by Gasteiger charge is 2.27. The van der Waals surface area contributed by atoms with Gasteiger partial charge in [0.15, 0.2) is 0 Å². The molecule has 1 heterocycles. The number of benzene rings is 1. The Balaban J connectivity index is 1.74. The van der Waals surface area contributed by atoms with Crippen molar-refractivity contribution in [1.29, 1.82) is 0 Å². The van der Waals surface area contributed by atoms with Gasteiger partial charge < -0.3 is 20.1 Å². The van der Waals surface area contributed by atoms with E-state index in [2.05, 4.69) is 5.32 Å². The number of likely N-dealkylation sites (tertiary alicyclic amines) is 1. The summed E-state index contributed by atoms with van der Waals surface area (Å²) in [6, 6.07) is 7.60. The minimum atomic E-state index is -0.773. The zero-order valence-electron chi connectivity index (χ0n) is 13.6. The van der Waals surface area contributed by atoms with Crippen molar-refractivity contribution in [3.05, 3.63) is 29.8 Å². The molecular weight excluding hydrogens is 296 g/mol. The van der Waals surface area contributed by atoms with Crippen molar-refractivity contribution >= 4 is 12.0 Å². The molecule has 0 aromatic heterocycles. The van der Waals surface area contributed by atoms with Crippen LogP contribution in [0.2, 0.25) is 0 Å². The van der Waals surface area contributed by atoms with Crippen LogP contribution in [0.3, 0.4) is 0 Å². The number of amides is 2. The maximum Gasteiger partial charge on any atom is 0.317 e. The van der Waals surface area contributed by atoms with E-state index in [-0.39, 0.29) is 18.1 Å². The molecular formula is C17H24N2O4. The predicted molar refractivity (Wildman–Crippen MR) is 86.6 cm³/mol. The third-order valence-corrected chi connectivity index (χ3v) is 4.09. The molecule has 6 nitrogen and oxygen atoms in total. The highest BCUT2D eigenvalue weighted by atomic mass is 16.5. The maximum atomic E-state index is 12.1. The van der Waals surface area contributed by atoms with Crippen molar-refractivity contribution in [2.45, 2.75) is 32.8 Å². The summed E-state index contributed by atoms with van der Waals surface area (Å²) >= 11 is 0. The number of ether oxygens (including phenoxy) is 1. The Morgan fingerprint density at radius 2 is 2.00 bits per heavy atom. The molecule has 1 aliphatic rings. The van der Waals surface area contributed by atoms with E-state index < -0.39 is 5.97 Å². The van der Waals surface area contributed by atoms with E-state index in [1.807, 2.05) is 38.1 Å². The molecule has 1 aromatic carbocycles. The van der Waals surface area contributed by atoms with Crippen LogP contribution in [0.5, 0.6) is 5.75 Å². The maximum absolute atomic E-state index is 12.1. The summed E-state index contributed by atoms with van der Waals surface area (Å²) in [5, 5.41) is 11.8. The van der Waals surface area contributed by atoms with Gasteiger partial charge >= 0.3 is 12.0 Å². The van der Waals surface area contributed by atoms with Crippen LogP contribution in [0.4, 0.5) is 4.79 Å². The number of carbonyl (C=O) groups is 2. The Hall–Kier alpha value is -2.24. The van der Waals surface area contributed by atoms with Crippen molar-refractivity contribution in [1.82, 2.24) is 10.2 Å². The number of aryl methyl sites for hydroxylation is 1. The number of carboxylic acids is 1. The number of hydrogen-bond acceptors (Lipinski definition) is 3. The molecule has 1 aliphatic heterocycles. The van der Waals surface area contributed by atoms with Crippen molar-refractivity contribution in [2.75, 3.05) is 19.6 Å². The third-order valence-electron chi connectivity index (χ3n) is 4.09. The van der Waals surface area contributed by atoms with Crippen LogP contribution in [-0.2, 0) is 4.79 Å². The highest BCUT2D eigenvalue weighted by molar-refractivity contribution is 5.75. The predicted octanol–water partition coefficient (Wildman–Crippen LogP) is 2.27. The summed E-state index contributed by atoms with van der Waals surface area (Å²) in [7, 11) is 0. The van der Waals surface area contributed by atoms with Gasteiger partial charge in [0.1, 0.15) is 11.9 Å². The van der Waals surface area contributed by atoms with Gasteiger partial charge in [-0.1, -0.05) is 18.2 Å². The fourth-order valence-electron chi connectivity index (χ4n) is 2.62. The van der Waals surface area contributed by atoms with Gasteiger partial charge in [0.25, 0.3) is 0 Å². The van der Waals surface area contributed by atoms with Crippen LogP contribution in [0, 0.1) is 12.8 Å². The number of rotatable bonds is 5. The summed E-state index contributed by atoms with van der Waals surface area (Å²) < 4.78 is 5.82. The van der Waals surface area contributed by atoms with E-state index in [1.54, 1.807) is 4.90 Å². The first-order chi connectivity index (χ1) is 11.0. The van der Waals surface area contributed by atoms with Gasteiger partial charge in [0.05, 0.1) is 12.5 Å². The van der Waals surface area contributed by atoms with E-state index in [9.17, 15) is 9.59 Å². The fraction of sp³-hybridized carbons (Fsp3) is 0.529. The number of para-hydroxylation sites is 1. The summed E-state index contributed by atoms with van der Waals surface area (Å²) in [5.41, 5.74) is 1.06. The van der Waals surface area contributed by atoms with Gasteiger partial charge in [-0.15, -0.1) is 0 Å². The molecule has 1 fully saturated rings. The van der Waals surface area contributed by atoms with E-state index in [4.69, 9.17) is 9.84 Å². The molecule has 1 atom stereocenters. The molecule has 126 valence electrons. The zero-order valence-corrected chi connectivity index (χ0v) is 13.6. The van der Waals surface area contributed by atoms with Gasteiger partial charge in [-0.25, -0.2) is 4.79 Å². The highest BCUT2D eigenvalue weighted by Crippen LogP contribution is 2.18. The molecule has 1 aromatic rings. The van der Waals surface area contributed by atoms with Crippen LogP contribution in [0.25, 0.3) is 0 Å². The smallest absolute Gasteiger partial charge is 0.317 e. The van der Waals surface area contributed by atoms with E-state index in [1.165, 1.54) is 0 Å². The molecule has 0 saturated carbocycles. The fourth-order valence-corrected chi connectivity index (χ4v) is 2.62. The molecule has 2 rings (SSSR count). The second-order valence-electron chi connectivity index (χ2n) is 5.98. The van der Waals surface area contributed by atoms with Crippen LogP contribution in [0.1, 0.15) is 25.3 Å². The first kappa shape index (κ1) is 17.1. The van der Waals surface area contributed by atoms with Crippen molar-refractivity contribution in [2.24, 2.45) is 5.92 Å². The van der Waals surface area contributed by atoms with Gasteiger partial charge in [0.2, 0.25) is 0 Å². The van der Waals surface area contributed by atoms with E-state index in [0.29, 0.717) is 32.5 Å². The second kappa shape index (κ2) is 7.85. The molecule has 0 spiro atoms.